The molecule has 0 amide bonds. The Morgan fingerprint density at radius 3 is 2.55 bits per heavy atom. The van der Waals surface area contributed by atoms with Crippen LogP contribution < -0.4 is 5.32 Å². The molecule has 1 N–H and O–H groups in total. The van der Waals surface area contributed by atoms with Crippen LogP contribution in [0.3, 0.4) is 0 Å². The van der Waals surface area contributed by atoms with Crippen LogP contribution >= 0.6 is 11.3 Å². The van der Waals surface area contributed by atoms with Crippen molar-refractivity contribution in [3.05, 3.63) is 51.2 Å². The summed E-state index contributed by atoms with van der Waals surface area (Å²) in [5.74, 6) is 0. The summed E-state index contributed by atoms with van der Waals surface area (Å²) >= 11 is 1.62. The lowest BCUT2D eigenvalue weighted by Crippen LogP contribution is -2.08. The summed E-state index contributed by atoms with van der Waals surface area (Å²) < 4.78 is 38.0. The minimum Gasteiger partial charge on any atom is -0.380 e. The lowest BCUT2D eigenvalue weighted by molar-refractivity contribution is -0.137. The van der Waals surface area contributed by atoms with Crippen LogP contribution in [0, 0.1) is 18.3 Å². The third-order valence-corrected chi connectivity index (χ3v) is 3.71. The number of nitriles is 1. The summed E-state index contributed by atoms with van der Waals surface area (Å²) in [5, 5.41) is 11.8. The lowest BCUT2D eigenvalue weighted by atomic mass is 10.1. The van der Waals surface area contributed by atoms with E-state index < -0.39 is 11.7 Å². The summed E-state index contributed by atoms with van der Waals surface area (Å²) in [7, 11) is 0. The smallest absolute Gasteiger partial charge is 0.380 e. The molecule has 2 aromatic rings. The topological polar surface area (TPSA) is 35.8 Å². The number of nitrogens with one attached hydrogen (secondary N) is 1. The first-order valence-electron chi connectivity index (χ1n) is 5.80. The van der Waals surface area contributed by atoms with Crippen molar-refractivity contribution in [3.63, 3.8) is 0 Å². The van der Waals surface area contributed by atoms with Crippen molar-refractivity contribution in [2.24, 2.45) is 0 Å². The molecule has 0 saturated heterocycles. The Kier molecular flexibility index (Phi) is 4.00. The number of aryl methyl sites for hydroxylation is 1. The first kappa shape index (κ1) is 14.4. The van der Waals surface area contributed by atoms with Crippen LogP contribution in [0.15, 0.2) is 30.3 Å². The molecule has 0 spiro atoms. The monoisotopic (exact) mass is 296 g/mol. The Hall–Kier alpha value is -2.00. The predicted molar refractivity (Wildman–Crippen MR) is 72.5 cm³/mol. The highest BCUT2D eigenvalue weighted by Crippen LogP contribution is 2.33. The van der Waals surface area contributed by atoms with Gasteiger partial charge in [0.15, 0.2) is 0 Å². The van der Waals surface area contributed by atoms with Crippen LogP contribution in [0.4, 0.5) is 18.9 Å². The van der Waals surface area contributed by atoms with Gasteiger partial charge in [0.1, 0.15) is 0 Å². The van der Waals surface area contributed by atoms with E-state index >= 15 is 0 Å². The van der Waals surface area contributed by atoms with Crippen LogP contribution in [0.1, 0.15) is 20.9 Å². The molecule has 2 rings (SSSR count). The maximum Gasteiger partial charge on any atom is 0.417 e. The molecule has 20 heavy (non-hydrogen) atoms. The number of rotatable bonds is 3. The van der Waals surface area contributed by atoms with E-state index in [2.05, 4.69) is 5.32 Å². The standard InChI is InChI=1S/C14H11F3N2S/c1-9-2-4-12(20-9)8-19-11-3-5-13(14(15,16)17)10(6-11)7-18/h2-6,19H,8H2,1H3. The van der Waals surface area contributed by atoms with Gasteiger partial charge in [0.05, 0.1) is 17.2 Å². The molecule has 104 valence electrons. The van der Waals surface area contributed by atoms with E-state index in [0.29, 0.717) is 12.2 Å². The third kappa shape index (κ3) is 3.31. The van der Waals surface area contributed by atoms with Crippen LogP contribution in [0.2, 0.25) is 0 Å². The van der Waals surface area contributed by atoms with Gasteiger partial charge in [-0.15, -0.1) is 11.3 Å². The summed E-state index contributed by atoms with van der Waals surface area (Å²) in [6.07, 6.45) is -4.51. The molecular formula is C14H11F3N2S. The molecule has 0 fully saturated rings. The molecule has 1 aromatic heterocycles. The summed E-state index contributed by atoms with van der Waals surface area (Å²) in [6.45, 7) is 2.51. The van der Waals surface area contributed by atoms with E-state index in [-0.39, 0.29) is 5.56 Å². The van der Waals surface area contributed by atoms with Gasteiger partial charge < -0.3 is 5.32 Å². The molecular weight excluding hydrogens is 285 g/mol. The zero-order valence-corrected chi connectivity index (χ0v) is 11.4. The first-order valence-corrected chi connectivity index (χ1v) is 6.62. The van der Waals surface area contributed by atoms with Gasteiger partial charge in [0.2, 0.25) is 0 Å². The SMILES string of the molecule is Cc1ccc(CNc2ccc(C(F)(F)F)c(C#N)c2)s1. The molecule has 0 bridgehead atoms. The zero-order valence-electron chi connectivity index (χ0n) is 10.6. The maximum absolute atomic E-state index is 12.7. The number of hydrogen-bond acceptors (Lipinski definition) is 3. The van der Waals surface area contributed by atoms with Gasteiger partial charge in [-0.2, -0.15) is 18.4 Å². The molecule has 2 nitrogen and oxygen atoms in total. The van der Waals surface area contributed by atoms with Crippen LogP contribution in [0.25, 0.3) is 0 Å². The van der Waals surface area contributed by atoms with Crippen molar-refractivity contribution in [2.75, 3.05) is 5.32 Å². The van der Waals surface area contributed by atoms with Gasteiger partial charge >= 0.3 is 6.18 Å². The molecule has 6 heteroatoms. The van der Waals surface area contributed by atoms with Gasteiger partial charge in [-0.1, -0.05) is 0 Å². The van der Waals surface area contributed by atoms with Crippen molar-refractivity contribution >= 4 is 17.0 Å². The van der Waals surface area contributed by atoms with Crippen molar-refractivity contribution < 1.29 is 13.2 Å². The van der Waals surface area contributed by atoms with Gasteiger partial charge in [0.25, 0.3) is 0 Å². The molecule has 1 heterocycles. The fourth-order valence-corrected chi connectivity index (χ4v) is 2.59. The number of hydrogen-bond donors (Lipinski definition) is 1. The number of alkyl halides is 3. The van der Waals surface area contributed by atoms with Crippen LogP contribution in [0.5, 0.6) is 0 Å². The largest absolute Gasteiger partial charge is 0.417 e. The molecule has 0 aliphatic heterocycles. The van der Waals surface area contributed by atoms with Gasteiger partial charge in [0, 0.05) is 22.0 Å². The van der Waals surface area contributed by atoms with Gasteiger partial charge in [-0.05, 0) is 37.3 Å². The Balaban J connectivity index is 2.16. The van der Waals surface area contributed by atoms with Crippen molar-refractivity contribution in [1.82, 2.24) is 0 Å². The van der Waals surface area contributed by atoms with Gasteiger partial charge in [-0.25, -0.2) is 0 Å². The molecule has 0 saturated carbocycles. The molecule has 0 aliphatic rings. The summed E-state index contributed by atoms with van der Waals surface area (Å²) in [6, 6.07) is 9.02. The van der Waals surface area contributed by atoms with Gasteiger partial charge in [-0.3, -0.25) is 0 Å². The Bertz CT molecular complexity index is 653. The molecule has 0 unspecified atom stereocenters. The summed E-state index contributed by atoms with van der Waals surface area (Å²) in [5.41, 5.74) is -0.775. The summed E-state index contributed by atoms with van der Waals surface area (Å²) in [4.78, 5) is 2.26. The highest BCUT2D eigenvalue weighted by atomic mass is 32.1. The number of anilines is 1. The number of thiophene rings is 1. The molecule has 0 aliphatic carbocycles. The normalized spacial score (nSPS) is 11.2. The van der Waals surface area contributed by atoms with E-state index in [1.165, 1.54) is 17.0 Å². The Morgan fingerprint density at radius 2 is 2.00 bits per heavy atom. The minimum atomic E-state index is -4.51. The average molecular weight is 296 g/mol. The minimum absolute atomic E-state index is 0.370. The number of halogens is 3. The van der Waals surface area contributed by atoms with Crippen molar-refractivity contribution in [1.29, 1.82) is 5.26 Å². The van der Waals surface area contributed by atoms with Crippen LogP contribution in [-0.4, -0.2) is 0 Å². The first-order chi connectivity index (χ1) is 9.40. The molecule has 1 aromatic carbocycles. The maximum atomic E-state index is 12.7. The number of nitrogens with zero attached hydrogens (tertiary/aromatic N) is 1. The second-order valence-electron chi connectivity index (χ2n) is 4.24. The van der Waals surface area contributed by atoms with E-state index in [1.54, 1.807) is 17.4 Å². The highest BCUT2D eigenvalue weighted by Gasteiger charge is 2.33. The van der Waals surface area contributed by atoms with Crippen molar-refractivity contribution in [3.8, 4) is 6.07 Å². The molecule has 0 atom stereocenters. The fourth-order valence-electron chi connectivity index (χ4n) is 1.76. The predicted octanol–water partition coefficient (Wildman–Crippen LogP) is 4.56. The van der Waals surface area contributed by atoms with Crippen molar-refractivity contribution in [2.45, 2.75) is 19.6 Å². The highest BCUT2D eigenvalue weighted by molar-refractivity contribution is 7.11. The Morgan fingerprint density at radius 1 is 1.25 bits per heavy atom. The van der Waals surface area contributed by atoms with E-state index in [1.807, 2.05) is 19.1 Å². The zero-order chi connectivity index (χ0) is 14.8. The second-order valence-corrected chi connectivity index (χ2v) is 5.61. The third-order valence-electron chi connectivity index (χ3n) is 2.71. The average Bonchev–Trinajstić information content (AvgIpc) is 2.80. The van der Waals surface area contributed by atoms with E-state index in [9.17, 15) is 13.2 Å². The quantitative estimate of drug-likeness (QED) is 0.901. The van der Waals surface area contributed by atoms with E-state index in [0.717, 1.165) is 10.9 Å². The Labute approximate surface area is 118 Å². The second kappa shape index (κ2) is 5.55. The van der Waals surface area contributed by atoms with Crippen LogP contribution in [-0.2, 0) is 12.7 Å². The van der Waals surface area contributed by atoms with E-state index in [4.69, 9.17) is 5.26 Å². The lowest BCUT2D eigenvalue weighted by Gasteiger charge is -2.11. The molecule has 0 radical (unpaired) electrons. The fraction of sp³-hybridized carbons (Fsp3) is 0.214. The number of benzene rings is 1.